The molecule has 0 fully saturated rings. The van der Waals surface area contributed by atoms with Gasteiger partial charge in [0.05, 0.1) is 5.52 Å². The van der Waals surface area contributed by atoms with Gasteiger partial charge in [0.15, 0.2) is 4.34 Å². The second kappa shape index (κ2) is 4.59. The van der Waals surface area contributed by atoms with Crippen LogP contribution < -0.4 is 5.73 Å². The lowest BCUT2D eigenvalue weighted by molar-refractivity contribution is 1.16. The first-order valence-corrected chi connectivity index (χ1v) is 7.17. The van der Waals surface area contributed by atoms with Crippen molar-refractivity contribution in [3.05, 3.63) is 41.5 Å². The molecule has 0 saturated heterocycles. The summed E-state index contributed by atoms with van der Waals surface area (Å²) in [6.07, 6.45) is 1.79. The predicted molar refractivity (Wildman–Crippen MR) is 77.1 cm³/mol. The molecule has 0 saturated carbocycles. The van der Waals surface area contributed by atoms with Gasteiger partial charge in [0.2, 0.25) is 0 Å². The van der Waals surface area contributed by atoms with E-state index < -0.39 is 0 Å². The SMILES string of the molecule is Cc1csc(Sc2ccc(N)c3cccnc23)n1. The van der Waals surface area contributed by atoms with Crippen molar-refractivity contribution in [2.75, 3.05) is 5.73 Å². The predicted octanol–water partition coefficient (Wildman–Crippen LogP) is 3.73. The summed E-state index contributed by atoms with van der Waals surface area (Å²) in [5.74, 6) is 0. The Balaban J connectivity index is 2.09. The molecule has 3 nitrogen and oxygen atoms in total. The zero-order valence-corrected chi connectivity index (χ0v) is 11.4. The Kier molecular flexibility index (Phi) is 2.93. The lowest BCUT2D eigenvalue weighted by atomic mass is 10.2. The number of rotatable bonds is 2. The first-order chi connectivity index (χ1) is 8.74. The molecule has 0 spiro atoms. The van der Waals surface area contributed by atoms with E-state index in [4.69, 9.17) is 5.73 Å². The minimum Gasteiger partial charge on any atom is -0.398 e. The van der Waals surface area contributed by atoms with Crippen LogP contribution in [-0.4, -0.2) is 9.97 Å². The number of nitrogens with zero attached hydrogens (tertiary/aromatic N) is 2. The quantitative estimate of drug-likeness (QED) is 0.723. The van der Waals surface area contributed by atoms with Crippen LogP contribution in [0.1, 0.15) is 5.69 Å². The molecule has 5 heteroatoms. The third-order valence-electron chi connectivity index (χ3n) is 2.56. The van der Waals surface area contributed by atoms with Gasteiger partial charge in [-0.05, 0) is 31.2 Å². The lowest BCUT2D eigenvalue weighted by Gasteiger charge is -2.05. The summed E-state index contributed by atoms with van der Waals surface area (Å²) < 4.78 is 1.03. The first kappa shape index (κ1) is 11.5. The molecule has 18 heavy (non-hydrogen) atoms. The average Bonchev–Trinajstić information content (AvgIpc) is 2.79. The number of aryl methyl sites for hydroxylation is 1. The Morgan fingerprint density at radius 3 is 2.94 bits per heavy atom. The molecule has 0 aliphatic heterocycles. The van der Waals surface area contributed by atoms with Crippen LogP contribution in [-0.2, 0) is 0 Å². The van der Waals surface area contributed by atoms with Gasteiger partial charge in [-0.15, -0.1) is 11.3 Å². The summed E-state index contributed by atoms with van der Waals surface area (Å²) in [5, 5.41) is 3.05. The van der Waals surface area contributed by atoms with E-state index in [-0.39, 0.29) is 0 Å². The summed E-state index contributed by atoms with van der Waals surface area (Å²) in [4.78, 5) is 9.97. The molecular weight excluding hydrogens is 262 g/mol. The van der Waals surface area contributed by atoms with Gasteiger partial charge in [-0.2, -0.15) is 0 Å². The van der Waals surface area contributed by atoms with Crippen LogP contribution in [0.3, 0.4) is 0 Å². The van der Waals surface area contributed by atoms with Gasteiger partial charge in [0.1, 0.15) is 0 Å². The van der Waals surface area contributed by atoms with E-state index in [0.717, 1.165) is 31.5 Å². The minimum atomic E-state index is 0.762. The molecule has 0 aliphatic rings. The summed E-state index contributed by atoms with van der Waals surface area (Å²) in [6, 6.07) is 7.83. The van der Waals surface area contributed by atoms with Gasteiger partial charge in [0, 0.05) is 33.2 Å². The van der Waals surface area contributed by atoms with Gasteiger partial charge < -0.3 is 5.73 Å². The second-order valence-corrected chi connectivity index (χ2v) is 6.06. The Labute approximate surface area is 113 Å². The van der Waals surface area contributed by atoms with Crippen molar-refractivity contribution in [2.45, 2.75) is 16.2 Å². The number of fused-ring (bicyclic) bond motifs is 1. The van der Waals surface area contributed by atoms with Crippen LogP contribution in [0.4, 0.5) is 5.69 Å². The van der Waals surface area contributed by atoms with Crippen LogP contribution >= 0.6 is 23.1 Å². The maximum atomic E-state index is 5.96. The van der Waals surface area contributed by atoms with Crippen molar-refractivity contribution in [2.24, 2.45) is 0 Å². The topological polar surface area (TPSA) is 51.8 Å². The summed E-state index contributed by atoms with van der Waals surface area (Å²) >= 11 is 3.29. The number of thiazole rings is 1. The molecule has 3 rings (SSSR count). The molecule has 0 aliphatic carbocycles. The van der Waals surface area contributed by atoms with Crippen molar-refractivity contribution in [3.63, 3.8) is 0 Å². The first-order valence-electron chi connectivity index (χ1n) is 5.47. The minimum absolute atomic E-state index is 0.762. The highest BCUT2D eigenvalue weighted by atomic mass is 32.2. The number of hydrogen-bond acceptors (Lipinski definition) is 5. The number of nitrogen functional groups attached to an aromatic ring is 1. The van der Waals surface area contributed by atoms with E-state index >= 15 is 0 Å². The number of nitrogens with two attached hydrogens (primary N) is 1. The zero-order chi connectivity index (χ0) is 12.5. The lowest BCUT2D eigenvalue weighted by Crippen LogP contribution is -1.89. The van der Waals surface area contributed by atoms with E-state index in [9.17, 15) is 0 Å². The van der Waals surface area contributed by atoms with Gasteiger partial charge >= 0.3 is 0 Å². The fourth-order valence-corrected chi connectivity index (χ4v) is 3.62. The smallest absolute Gasteiger partial charge is 0.154 e. The molecule has 0 radical (unpaired) electrons. The van der Waals surface area contributed by atoms with Crippen molar-refractivity contribution in [1.82, 2.24) is 9.97 Å². The van der Waals surface area contributed by atoms with Gasteiger partial charge in [-0.25, -0.2) is 4.98 Å². The fourth-order valence-electron chi connectivity index (χ4n) is 1.72. The zero-order valence-electron chi connectivity index (χ0n) is 9.75. The van der Waals surface area contributed by atoms with Crippen molar-refractivity contribution in [3.8, 4) is 0 Å². The molecule has 90 valence electrons. The summed E-state index contributed by atoms with van der Waals surface area (Å²) in [7, 11) is 0. The molecule has 0 amide bonds. The number of hydrogen-bond donors (Lipinski definition) is 1. The molecule has 0 atom stereocenters. The molecule has 2 aromatic heterocycles. The molecule has 0 unspecified atom stereocenters. The van der Waals surface area contributed by atoms with E-state index in [1.165, 1.54) is 0 Å². The molecule has 1 aromatic carbocycles. The molecule has 2 heterocycles. The summed E-state index contributed by atoms with van der Waals surface area (Å²) in [6.45, 7) is 2.00. The maximum absolute atomic E-state index is 5.96. The Hall–Kier alpha value is -1.59. The third-order valence-corrected chi connectivity index (χ3v) is 4.67. The highest BCUT2D eigenvalue weighted by Gasteiger charge is 2.08. The number of aromatic nitrogens is 2. The molecule has 0 bridgehead atoms. The third kappa shape index (κ3) is 2.07. The number of benzene rings is 1. The van der Waals surface area contributed by atoms with E-state index in [0.29, 0.717) is 0 Å². The van der Waals surface area contributed by atoms with Crippen LogP contribution in [0, 0.1) is 6.92 Å². The second-order valence-electron chi connectivity index (χ2n) is 3.91. The Morgan fingerprint density at radius 2 is 2.17 bits per heavy atom. The van der Waals surface area contributed by atoms with E-state index in [2.05, 4.69) is 15.3 Å². The van der Waals surface area contributed by atoms with Gasteiger partial charge in [-0.1, -0.05) is 11.8 Å². The molecule has 3 aromatic rings. The fraction of sp³-hybridized carbons (Fsp3) is 0.0769. The van der Waals surface area contributed by atoms with Crippen LogP contribution in [0.2, 0.25) is 0 Å². The van der Waals surface area contributed by atoms with Crippen LogP contribution in [0.5, 0.6) is 0 Å². The van der Waals surface area contributed by atoms with E-state index in [1.807, 2.05) is 31.2 Å². The largest absolute Gasteiger partial charge is 0.398 e. The van der Waals surface area contributed by atoms with Crippen molar-refractivity contribution in [1.29, 1.82) is 0 Å². The van der Waals surface area contributed by atoms with Crippen molar-refractivity contribution < 1.29 is 0 Å². The standard InChI is InChI=1S/C13H11N3S2/c1-8-7-17-13(16-8)18-11-5-4-10(14)9-3-2-6-15-12(9)11/h2-7H,14H2,1H3. The monoisotopic (exact) mass is 273 g/mol. The number of anilines is 1. The molecule has 2 N–H and O–H groups in total. The van der Waals surface area contributed by atoms with Crippen LogP contribution in [0.25, 0.3) is 10.9 Å². The number of pyridine rings is 1. The van der Waals surface area contributed by atoms with Crippen molar-refractivity contribution >= 4 is 39.7 Å². The Bertz CT molecular complexity index is 706. The highest BCUT2D eigenvalue weighted by Crippen LogP contribution is 2.35. The van der Waals surface area contributed by atoms with Gasteiger partial charge in [-0.3, -0.25) is 4.98 Å². The normalized spacial score (nSPS) is 10.9. The highest BCUT2D eigenvalue weighted by molar-refractivity contribution is 8.01. The van der Waals surface area contributed by atoms with Crippen LogP contribution in [0.15, 0.2) is 45.1 Å². The Morgan fingerprint density at radius 1 is 1.28 bits per heavy atom. The molecular formula is C13H11N3S2. The maximum Gasteiger partial charge on any atom is 0.154 e. The van der Waals surface area contributed by atoms with Gasteiger partial charge in [0.25, 0.3) is 0 Å². The van der Waals surface area contributed by atoms with E-state index in [1.54, 1.807) is 29.3 Å². The average molecular weight is 273 g/mol. The summed E-state index contributed by atoms with van der Waals surface area (Å²) in [5.41, 5.74) is 8.71.